The molecule has 0 atom stereocenters. The first-order valence-electron chi connectivity index (χ1n) is 9.88. The molecule has 4 rings (SSSR count). The van der Waals surface area contributed by atoms with Gasteiger partial charge in [0.15, 0.2) is 28.5 Å². The molecular weight excluding hydrogens is 412 g/mol. The summed E-state index contributed by atoms with van der Waals surface area (Å²) in [5.74, 6) is 3.00. The molecule has 0 saturated heterocycles. The van der Waals surface area contributed by atoms with Gasteiger partial charge in [-0.1, -0.05) is 0 Å². The summed E-state index contributed by atoms with van der Waals surface area (Å²) in [6, 6.07) is 5.49. The number of hydrogen-bond acceptors (Lipinski definition) is 10. The first kappa shape index (κ1) is 21.1. The first-order chi connectivity index (χ1) is 15.5. The van der Waals surface area contributed by atoms with Crippen molar-refractivity contribution in [3.63, 3.8) is 0 Å². The van der Waals surface area contributed by atoms with Crippen molar-refractivity contribution in [2.45, 2.75) is 19.9 Å². The summed E-state index contributed by atoms with van der Waals surface area (Å²) in [6.07, 6.45) is 4.84. The van der Waals surface area contributed by atoms with Crippen molar-refractivity contribution in [2.24, 2.45) is 0 Å². The van der Waals surface area contributed by atoms with E-state index >= 15 is 0 Å². The molecule has 32 heavy (non-hydrogen) atoms. The molecule has 11 heteroatoms. The fraction of sp³-hybridized carbons (Fsp3) is 0.286. The van der Waals surface area contributed by atoms with Crippen LogP contribution in [0.1, 0.15) is 19.9 Å². The summed E-state index contributed by atoms with van der Waals surface area (Å²) in [6.45, 7) is 4.13. The maximum absolute atomic E-state index is 5.46. The van der Waals surface area contributed by atoms with Gasteiger partial charge in [-0.3, -0.25) is 0 Å². The van der Waals surface area contributed by atoms with Gasteiger partial charge in [-0.25, -0.2) is 15.0 Å². The van der Waals surface area contributed by atoms with Crippen LogP contribution in [-0.4, -0.2) is 50.8 Å². The van der Waals surface area contributed by atoms with Crippen LogP contribution in [0.2, 0.25) is 0 Å². The number of benzene rings is 1. The molecule has 1 aromatic carbocycles. The number of nitrogens with zero attached hydrogens (tertiary/aromatic N) is 6. The molecule has 0 aliphatic carbocycles. The Morgan fingerprint density at radius 1 is 0.938 bits per heavy atom. The molecule has 0 aliphatic heterocycles. The number of ether oxygens (including phenoxy) is 3. The summed E-state index contributed by atoms with van der Waals surface area (Å²) >= 11 is 0. The van der Waals surface area contributed by atoms with E-state index < -0.39 is 0 Å². The van der Waals surface area contributed by atoms with Crippen LogP contribution in [0, 0.1) is 0 Å². The van der Waals surface area contributed by atoms with Gasteiger partial charge < -0.3 is 29.4 Å². The number of rotatable bonds is 8. The van der Waals surface area contributed by atoms with E-state index in [0.717, 1.165) is 0 Å². The Morgan fingerprint density at radius 3 is 2.28 bits per heavy atom. The third-order valence-corrected chi connectivity index (χ3v) is 4.73. The van der Waals surface area contributed by atoms with Gasteiger partial charge in [0.2, 0.25) is 11.7 Å². The number of methoxy groups -OCH3 is 3. The zero-order valence-electron chi connectivity index (χ0n) is 18.4. The highest BCUT2D eigenvalue weighted by Gasteiger charge is 2.18. The average molecular weight is 436 g/mol. The van der Waals surface area contributed by atoms with Gasteiger partial charge in [0.25, 0.3) is 0 Å². The van der Waals surface area contributed by atoms with Crippen molar-refractivity contribution in [1.82, 2.24) is 29.5 Å². The normalized spacial score (nSPS) is 10.9. The Kier molecular flexibility index (Phi) is 5.88. The Hall–Kier alpha value is -4.15. The maximum atomic E-state index is 5.46. The molecule has 3 aromatic heterocycles. The molecular formula is C21H24N8O3. The van der Waals surface area contributed by atoms with Crippen molar-refractivity contribution in [2.75, 3.05) is 32.0 Å². The highest BCUT2D eigenvalue weighted by Crippen LogP contribution is 2.41. The number of fused-ring (bicyclic) bond motifs is 1. The fourth-order valence-electron chi connectivity index (χ4n) is 3.21. The summed E-state index contributed by atoms with van der Waals surface area (Å²) in [7, 11) is 4.70. The van der Waals surface area contributed by atoms with E-state index in [1.807, 2.05) is 4.57 Å². The predicted molar refractivity (Wildman–Crippen MR) is 120 cm³/mol. The third-order valence-electron chi connectivity index (χ3n) is 4.73. The minimum atomic E-state index is 0.163. The minimum absolute atomic E-state index is 0.163. The Balaban J connectivity index is 1.81. The second kappa shape index (κ2) is 8.92. The zero-order chi connectivity index (χ0) is 22.7. The molecule has 0 fully saturated rings. The van der Waals surface area contributed by atoms with Crippen LogP contribution in [0.25, 0.3) is 11.2 Å². The van der Waals surface area contributed by atoms with Crippen LogP contribution in [0.15, 0.2) is 37.1 Å². The van der Waals surface area contributed by atoms with E-state index in [1.54, 1.807) is 52.1 Å². The van der Waals surface area contributed by atoms with Crippen LogP contribution in [0.5, 0.6) is 17.2 Å². The standard InChI is InChI=1S/C21H24N8O3/c1-12(2)29-11-24-17-19(25-13-8-14(30-3)18(32-5)15(9-13)31-4)27-21(28-20(17)29)26-16-6-7-22-10-23-16/h6-12H,1-5H3,(H2,22,23,25,26,27,28). The zero-order valence-corrected chi connectivity index (χ0v) is 18.4. The van der Waals surface area contributed by atoms with Gasteiger partial charge in [0, 0.05) is 30.1 Å². The van der Waals surface area contributed by atoms with Crippen molar-refractivity contribution in [3.05, 3.63) is 37.1 Å². The maximum Gasteiger partial charge on any atom is 0.232 e. The molecule has 3 heterocycles. The molecule has 0 unspecified atom stereocenters. The first-order valence-corrected chi connectivity index (χ1v) is 9.88. The van der Waals surface area contributed by atoms with Crippen LogP contribution in [-0.2, 0) is 0 Å². The van der Waals surface area contributed by atoms with Gasteiger partial charge in [0.1, 0.15) is 12.1 Å². The number of nitrogens with one attached hydrogen (secondary N) is 2. The minimum Gasteiger partial charge on any atom is -0.493 e. The second-order valence-electron chi connectivity index (χ2n) is 7.07. The fourth-order valence-corrected chi connectivity index (χ4v) is 3.21. The number of imidazole rings is 1. The van der Waals surface area contributed by atoms with Gasteiger partial charge >= 0.3 is 0 Å². The van der Waals surface area contributed by atoms with E-state index in [2.05, 4.69) is 49.4 Å². The number of hydrogen-bond donors (Lipinski definition) is 2. The smallest absolute Gasteiger partial charge is 0.232 e. The predicted octanol–water partition coefficient (Wildman–Crippen LogP) is 3.71. The average Bonchev–Trinajstić information content (AvgIpc) is 3.23. The monoisotopic (exact) mass is 436 g/mol. The molecule has 2 N–H and O–H groups in total. The van der Waals surface area contributed by atoms with Crippen LogP contribution in [0.3, 0.4) is 0 Å². The largest absolute Gasteiger partial charge is 0.493 e. The van der Waals surface area contributed by atoms with Crippen LogP contribution < -0.4 is 24.8 Å². The lowest BCUT2D eigenvalue weighted by Gasteiger charge is -2.15. The highest BCUT2D eigenvalue weighted by molar-refractivity contribution is 5.87. The van der Waals surface area contributed by atoms with Crippen LogP contribution >= 0.6 is 0 Å². The van der Waals surface area contributed by atoms with Crippen molar-refractivity contribution in [3.8, 4) is 17.2 Å². The Bertz CT molecular complexity index is 1200. The van der Waals surface area contributed by atoms with Gasteiger partial charge in [-0.2, -0.15) is 9.97 Å². The summed E-state index contributed by atoms with van der Waals surface area (Å²) < 4.78 is 18.3. The quantitative estimate of drug-likeness (QED) is 0.423. The molecule has 166 valence electrons. The second-order valence-corrected chi connectivity index (χ2v) is 7.07. The summed E-state index contributed by atoms with van der Waals surface area (Å²) in [4.78, 5) is 21.9. The molecule has 0 bridgehead atoms. The van der Waals surface area contributed by atoms with E-state index in [9.17, 15) is 0 Å². The topological polar surface area (TPSA) is 121 Å². The molecule has 0 spiro atoms. The molecule has 0 amide bonds. The van der Waals surface area contributed by atoms with E-state index in [4.69, 9.17) is 14.2 Å². The van der Waals surface area contributed by atoms with Crippen LogP contribution in [0.4, 0.5) is 23.3 Å². The summed E-state index contributed by atoms with van der Waals surface area (Å²) in [5, 5.41) is 6.43. The van der Waals surface area contributed by atoms with E-state index in [1.165, 1.54) is 6.33 Å². The summed E-state index contributed by atoms with van der Waals surface area (Å²) in [5.41, 5.74) is 1.99. The number of anilines is 4. The van der Waals surface area contributed by atoms with Gasteiger partial charge in [-0.05, 0) is 19.9 Å². The SMILES string of the molecule is COc1cc(Nc2nc(Nc3ccncn3)nc3c2ncn3C(C)C)cc(OC)c1OC. The molecule has 0 saturated carbocycles. The molecule has 11 nitrogen and oxygen atoms in total. The third kappa shape index (κ3) is 4.04. The van der Waals surface area contributed by atoms with Gasteiger partial charge in [-0.15, -0.1) is 0 Å². The Morgan fingerprint density at radius 2 is 1.69 bits per heavy atom. The van der Waals surface area contributed by atoms with E-state index in [-0.39, 0.29) is 6.04 Å². The lowest BCUT2D eigenvalue weighted by molar-refractivity contribution is 0.324. The molecule has 4 aromatic rings. The van der Waals surface area contributed by atoms with Gasteiger partial charge in [0.05, 0.1) is 27.7 Å². The lowest BCUT2D eigenvalue weighted by Crippen LogP contribution is -2.06. The van der Waals surface area contributed by atoms with E-state index in [0.29, 0.717) is 51.7 Å². The Labute approximate surface area is 184 Å². The highest BCUT2D eigenvalue weighted by atomic mass is 16.5. The van der Waals surface area contributed by atoms with Crippen molar-refractivity contribution < 1.29 is 14.2 Å². The lowest BCUT2D eigenvalue weighted by atomic mass is 10.2. The van der Waals surface area contributed by atoms with Crippen molar-refractivity contribution in [1.29, 1.82) is 0 Å². The molecule has 0 radical (unpaired) electrons. The molecule has 0 aliphatic rings. The van der Waals surface area contributed by atoms with Crippen molar-refractivity contribution >= 4 is 34.4 Å². The number of aromatic nitrogens is 6.